The predicted molar refractivity (Wildman–Crippen MR) is 88.4 cm³/mol. The van der Waals surface area contributed by atoms with Crippen molar-refractivity contribution in [1.82, 2.24) is 25.2 Å². The van der Waals surface area contributed by atoms with Crippen LogP contribution >= 0.6 is 0 Å². The van der Waals surface area contributed by atoms with Gasteiger partial charge in [-0.3, -0.25) is 9.69 Å². The minimum atomic E-state index is -0.204. The zero-order valence-electron chi connectivity index (χ0n) is 14.9. The lowest BCUT2D eigenvalue weighted by Gasteiger charge is -2.33. The maximum Gasteiger partial charge on any atom is 0.273 e. The quantitative estimate of drug-likeness (QED) is 0.879. The molecule has 7 heteroatoms. The molecule has 1 aliphatic rings. The van der Waals surface area contributed by atoms with E-state index in [9.17, 15) is 4.79 Å². The van der Waals surface area contributed by atoms with E-state index in [2.05, 4.69) is 34.4 Å². The highest BCUT2D eigenvalue weighted by molar-refractivity contribution is 5.91. The second-order valence-corrected chi connectivity index (χ2v) is 7.58. The Morgan fingerprint density at radius 3 is 2.83 bits per heavy atom. The van der Waals surface area contributed by atoms with Crippen molar-refractivity contribution < 1.29 is 9.53 Å². The third-order valence-electron chi connectivity index (χ3n) is 3.75. The molecule has 1 amide bonds. The van der Waals surface area contributed by atoms with E-state index in [4.69, 9.17) is 4.74 Å². The van der Waals surface area contributed by atoms with Crippen molar-refractivity contribution >= 4 is 5.91 Å². The molecule has 1 aromatic rings. The van der Waals surface area contributed by atoms with Crippen molar-refractivity contribution in [3.63, 3.8) is 0 Å². The summed E-state index contributed by atoms with van der Waals surface area (Å²) in [5.74, 6) is 0.431. The Morgan fingerprint density at radius 2 is 2.22 bits per heavy atom. The predicted octanol–water partition coefficient (Wildman–Crippen LogP) is 1.12. The first-order chi connectivity index (χ1) is 10.8. The Hall–Kier alpha value is -1.47. The fourth-order valence-corrected chi connectivity index (χ4v) is 2.58. The minimum Gasteiger partial charge on any atom is -0.374 e. The van der Waals surface area contributed by atoms with Gasteiger partial charge in [0, 0.05) is 26.2 Å². The van der Waals surface area contributed by atoms with E-state index < -0.39 is 0 Å². The van der Waals surface area contributed by atoms with Crippen LogP contribution in [0.2, 0.25) is 0 Å². The van der Waals surface area contributed by atoms with Crippen LogP contribution in [0.1, 0.15) is 45.1 Å². The van der Waals surface area contributed by atoms with Gasteiger partial charge in [0.25, 0.3) is 5.91 Å². The molecule has 1 unspecified atom stereocenters. The van der Waals surface area contributed by atoms with Gasteiger partial charge < -0.3 is 10.1 Å². The molecule has 1 aliphatic heterocycles. The zero-order valence-corrected chi connectivity index (χ0v) is 14.9. The first-order valence-corrected chi connectivity index (χ1v) is 8.30. The van der Waals surface area contributed by atoms with Gasteiger partial charge in [-0.2, -0.15) is 0 Å². The number of morpholine rings is 1. The molecule has 0 aromatic carbocycles. The van der Waals surface area contributed by atoms with Crippen LogP contribution in [0.3, 0.4) is 0 Å². The fourth-order valence-electron chi connectivity index (χ4n) is 2.58. The molecule has 23 heavy (non-hydrogen) atoms. The maximum atomic E-state index is 12.2. The molecular weight excluding hydrogens is 294 g/mol. The fraction of sp³-hybridized carbons (Fsp3) is 0.812. The summed E-state index contributed by atoms with van der Waals surface area (Å²) in [5.41, 5.74) is 0.157. The van der Waals surface area contributed by atoms with Gasteiger partial charge in [-0.1, -0.05) is 19.1 Å². The van der Waals surface area contributed by atoms with Crippen LogP contribution in [0.15, 0.2) is 6.20 Å². The van der Waals surface area contributed by atoms with E-state index in [0.717, 1.165) is 19.6 Å². The molecule has 2 rings (SSSR count). The van der Waals surface area contributed by atoms with Crippen LogP contribution in [0.5, 0.6) is 0 Å². The number of amides is 1. The average Bonchev–Trinajstić information content (AvgIpc) is 2.94. The van der Waals surface area contributed by atoms with Gasteiger partial charge in [-0.15, -0.1) is 5.10 Å². The summed E-state index contributed by atoms with van der Waals surface area (Å²) < 4.78 is 7.44. The molecule has 2 heterocycles. The van der Waals surface area contributed by atoms with Crippen LogP contribution in [-0.4, -0.2) is 64.7 Å². The van der Waals surface area contributed by atoms with Crippen molar-refractivity contribution in [2.45, 2.75) is 46.3 Å². The van der Waals surface area contributed by atoms with Crippen molar-refractivity contribution in [1.29, 1.82) is 0 Å². The Labute approximate surface area is 138 Å². The van der Waals surface area contributed by atoms with E-state index in [1.54, 1.807) is 10.9 Å². The summed E-state index contributed by atoms with van der Waals surface area (Å²) in [6.07, 6.45) is 1.71. The van der Waals surface area contributed by atoms with Crippen LogP contribution in [0, 0.1) is 5.92 Å². The van der Waals surface area contributed by atoms with Crippen molar-refractivity contribution in [3.8, 4) is 0 Å². The van der Waals surface area contributed by atoms with Crippen LogP contribution < -0.4 is 5.32 Å². The molecule has 1 atom stereocenters. The Bertz CT molecular complexity index is 521. The van der Waals surface area contributed by atoms with Crippen molar-refractivity contribution in [2.24, 2.45) is 5.92 Å². The first kappa shape index (κ1) is 17.9. The molecule has 130 valence electrons. The molecule has 1 aromatic heterocycles. The van der Waals surface area contributed by atoms with Gasteiger partial charge in [0.05, 0.1) is 24.4 Å². The number of carbonyl (C=O) groups excluding carboxylic acids is 1. The SMILES string of the molecule is CC(C)CN1CCOC(CNC(=O)c2cn(C(C)(C)C)nn2)C1. The number of nitrogens with zero attached hydrogens (tertiary/aromatic N) is 4. The Balaban J connectivity index is 1.83. The van der Waals surface area contributed by atoms with Crippen LogP contribution in [-0.2, 0) is 10.3 Å². The molecule has 1 fully saturated rings. The summed E-state index contributed by atoms with van der Waals surface area (Å²) in [7, 11) is 0. The highest BCUT2D eigenvalue weighted by atomic mass is 16.5. The molecule has 0 spiro atoms. The third-order valence-corrected chi connectivity index (χ3v) is 3.75. The van der Waals surface area contributed by atoms with Gasteiger partial charge in [0.2, 0.25) is 0 Å². The summed E-state index contributed by atoms with van der Waals surface area (Å²) in [6, 6.07) is 0. The normalized spacial score (nSPS) is 20.0. The van der Waals surface area contributed by atoms with Crippen molar-refractivity contribution in [3.05, 3.63) is 11.9 Å². The van der Waals surface area contributed by atoms with Gasteiger partial charge in [-0.25, -0.2) is 4.68 Å². The number of nitrogens with one attached hydrogen (secondary N) is 1. The second-order valence-electron chi connectivity index (χ2n) is 7.58. The highest BCUT2D eigenvalue weighted by Crippen LogP contribution is 2.12. The highest BCUT2D eigenvalue weighted by Gasteiger charge is 2.23. The van der Waals surface area contributed by atoms with Crippen LogP contribution in [0.4, 0.5) is 0 Å². The lowest BCUT2D eigenvalue weighted by atomic mass is 10.1. The van der Waals surface area contributed by atoms with E-state index in [1.807, 2.05) is 20.8 Å². The number of hydrogen-bond donors (Lipinski definition) is 1. The molecule has 0 saturated carbocycles. The molecule has 0 radical (unpaired) electrons. The second kappa shape index (κ2) is 7.40. The van der Waals surface area contributed by atoms with Gasteiger partial charge >= 0.3 is 0 Å². The minimum absolute atomic E-state index is 0.0316. The van der Waals surface area contributed by atoms with E-state index in [0.29, 0.717) is 24.8 Å². The largest absolute Gasteiger partial charge is 0.374 e. The Morgan fingerprint density at radius 1 is 1.48 bits per heavy atom. The smallest absolute Gasteiger partial charge is 0.273 e. The third kappa shape index (κ3) is 5.28. The lowest BCUT2D eigenvalue weighted by molar-refractivity contribution is -0.0295. The van der Waals surface area contributed by atoms with Gasteiger partial charge in [-0.05, 0) is 26.7 Å². The van der Waals surface area contributed by atoms with E-state index >= 15 is 0 Å². The number of rotatable bonds is 5. The monoisotopic (exact) mass is 323 g/mol. The number of hydrogen-bond acceptors (Lipinski definition) is 5. The van der Waals surface area contributed by atoms with Gasteiger partial charge in [0.15, 0.2) is 5.69 Å². The zero-order chi connectivity index (χ0) is 17.0. The number of ether oxygens (including phenoxy) is 1. The number of carbonyl (C=O) groups is 1. The molecule has 0 bridgehead atoms. The molecule has 0 aliphatic carbocycles. The van der Waals surface area contributed by atoms with Crippen LogP contribution in [0.25, 0.3) is 0 Å². The topological polar surface area (TPSA) is 72.3 Å². The standard InChI is InChI=1S/C16H29N5O2/c1-12(2)9-20-6-7-23-13(10-20)8-17-15(22)14-11-21(19-18-14)16(3,4)5/h11-13H,6-10H2,1-5H3,(H,17,22). The van der Waals surface area contributed by atoms with E-state index in [-0.39, 0.29) is 17.6 Å². The number of aromatic nitrogens is 3. The summed E-state index contributed by atoms with van der Waals surface area (Å²) >= 11 is 0. The molecule has 1 N–H and O–H groups in total. The molecular formula is C16H29N5O2. The van der Waals surface area contributed by atoms with E-state index in [1.165, 1.54) is 0 Å². The molecule has 7 nitrogen and oxygen atoms in total. The molecule has 1 saturated heterocycles. The lowest BCUT2D eigenvalue weighted by Crippen LogP contribution is -2.48. The summed E-state index contributed by atoms with van der Waals surface area (Å²) in [6.45, 7) is 14.6. The van der Waals surface area contributed by atoms with Crippen molar-refractivity contribution in [2.75, 3.05) is 32.8 Å². The summed E-state index contributed by atoms with van der Waals surface area (Å²) in [5, 5.41) is 10.9. The maximum absolute atomic E-state index is 12.2. The van der Waals surface area contributed by atoms with Gasteiger partial charge in [0.1, 0.15) is 0 Å². The average molecular weight is 323 g/mol. The summed E-state index contributed by atoms with van der Waals surface area (Å²) in [4.78, 5) is 14.6. The Kier molecular flexibility index (Phi) is 5.75. The first-order valence-electron chi connectivity index (χ1n) is 8.30.